The second kappa shape index (κ2) is 10.00. The van der Waals surface area contributed by atoms with Gasteiger partial charge in [-0.15, -0.1) is 0 Å². The number of rotatable bonds is 7. The molecule has 4 rings (SSSR count). The van der Waals surface area contributed by atoms with Crippen molar-refractivity contribution in [2.24, 2.45) is 7.05 Å². The molecule has 1 fully saturated rings. The second-order valence-electron chi connectivity index (χ2n) is 8.81. The summed E-state index contributed by atoms with van der Waals surface area (Å²) in [6.07, 6.45) is 0.902. The quantitative estimate of drug-likeness (QED) is 0.521. The zero-order valence-corrected chi connectivity index (χ0v) is 18.9. The molecule has 2 heterocycles. The predicted octanol–water partition coefficient (Wildman–Crippen LogP) is 5.32. The summed E-state index contributed by atoms with van der Waals surface area (Å²) in [7, 11) is 1.87. The van der Waals surface area contributed by atoms with Crippen molar-refractivity contribution in [3.63, 3.8) is 0 Å². The van der Waals surface area contributed by atoms with Crippen molar-refractivity contribution in [2.45, 2.75) is 37.8 Å². The molecule has 0 saturated carbocycles. The van der Waals surface area contributed by atoms with E-state index in [0.29, 0.717) is 6.54 Å². The standard InChI is InChI=1S/C26H30F3N3O/c1-31-18-22(20-10-4-6-12-24(20)31)21(19-9-3-5-11-23(19)26(27,28)29)17-25(33)30-13-16-32-14-7-2-8-15-32/h3-6,9-12,18,21H,2,7-8,13-17H2,1H3,(H,30,33). The topological polar surface area (TPSA) is 37.3 Å². The predicted molar refractivity (Wildman–Crippen MR) is 124 cm³/mol. The van der Waals surface area contributed by atoms with Crippen LogP contribution >= 0.6 is 0 Å². The van der Waals surface area contributed by atoms with Gasteiger partial charge in [0, 0.05) is 49.6 Å². The number of nitrogens with zero attached hydrogens (tertiary/aromatic N) is 2. The van der Waals surface area contributed by atoms with Gasteiger partial charge >= 0.3 is 6.18 Å². The largest absolute Gasteiger partial charge is 0.416 e. The van der Waals surface area contributed by atoms with E-state index in [1.807, 2.05) is 42.1 Å². The molecule has 0 spiro atoms. The molecule has 2 aromatic carbocycles. The van der Waals surface area contributed by atoms with E-state index < -0.39 is 17.7 Å². The van der Waals surface area contributed by atoms with Crippen LogP contribution in [0, 0.1) is 0 Å². The van der Waals surface area contributed by atoms with Gasteiger partial charge in [0.1, 0.15) is 0 Å². The van der Waals surface area contributed by atoms with E-state index in [0.717, 1.165) is 42.2 Å². The van der Waals surface area contributed by atoms with Crippen molar-refractivity contribution in [3.05, 3.63) is 71.4 Å². The molecule has 0 bridgehead atoms. The number of carbonyl (C=O) groups is 1. The zero-order valence-electron chi connectivity index (χ0n) is 18.9. The first-order valence-corrected chi connectivity index (χ1v) is 11.5. The lowest BCUT2D eigenvalue weighted by Gasteiger charge is -2.26. The number of alkyl halides is 3. The summed E-state index contributed by atoms with van der Waals surface area (Å²) in [4.78, 5) is 15.3. The molecule has 176 valence electrons. The van der Waals surface area contributed by atoms with Crippen LogP contribution in [-0.4, -0.2) is 41.6 Å². The Hall–Kier alpha value is -2.80. The summed E-state index contributed by atoms with van der Waals surface area (Å²) in [5.41, 5.74) is 1.10. The van der Waals surface area contributed by atoms with Crippen LogP contribution in [0.5, 0.6) is 0 Å². The van der Waals surface area contributed by atoms with Gasteiger partial charge in [0.05, 0.1) is 5.56 Å². The zero-order chi connectivity index (χ0) is 23.4. The summed E-state index contributed by atoms with van der Waals surface area (Å²) in [6, 6.07) is 13.2. The van der Waals surface area contributed by atoms with Gasteiger partial charge in [-0.05, 0) is 49.2 Å². The van der Waals surface area contributed by atoms with Crippen LogP contribution in [0.2, 0.25) is 0 Å². The lowest BCUT2D eigenvalue weighted by atomic mass is 9.85. The van der Waals surface area contributed by atoms with Gasteiger partial charge in [-0.1, -0.05) is 42.8 Å². The average molecular weight is 458 g/mol. The van der Waals surface area contributed by atoms with Crippen molar-refractivity contribution in [1.29, 1.82) is 0 Å². The maximum Gasteiger partial charge on any atom is 0.416 e. The van der Waals surface area contributed by atoms with Crippen LogP contribution in [0.15, 0.2) is 54.7 Å². The second-order valence-corrected chi connectivity index (χ2v) is 8.81. The van der Waals surface area contributed by atoms with E-state index in [-0.39, 0.29) is 17.9 Å². The van der Waals surface area contributed by atoms with E-state index >= 15 is 0 Å². The molecule has 1 amide bonds. The number of aryl methyl sites for hydroxylation is 1. The molecule has 0 aliphatic carbocycles. The highest BCUT2D eigenvalue weighted by Crippen LogP contribution is 2.41. The first-order chi connectivity index (χ1) is 15.8. The van der Waals surface area contributed by atoms with E-state index in [1.165, 1.54) is 31.4 Å². The summed E-state index contributed by atoms with van der Waals surface area (Å²) in [5.74, 6) is -0.939. The molecule has 1 unspecified atom stereocenters. The Morgan fingerprint density at radius 2 is 1.70 bits per heavy atom. The van der Waals surface area contributed by atoms with Gasteiger partial charge in [-0.25, -0.2) is 0 Å². The number of fused-ring (bicyclic) bond motifs is 1. The summed E-state index contributed by atoms with van der Waals surface area (Å²) in [6.45, 7) is 3.34. The summed E-state index contributed by atoms with van der Waals surface area (Å²) < 4.78 is 43.5. The van der Waals surface area contributed by atoms with Crippen molar-refractivity contribution in [2.75, 3.05) is 26.2 Å². The minimum Gasteiger partial charge on any atom is -0.355 e. The number of para-hydroxylation sites is 1. The lowest BCUT2D eigenvalue weighted by Crippen LogP contribution is -2.38. The molecule has 1 aliphatic heterocycles. The van der Waals surface area contributed by atoms with Crippen LogP contribution in [0.4, 0.5) is 13.2 Å². The number of piperidine rings is 1. The molecular weight excluding hydrogens is 427 g/mol. The molecule has 7 heteroatoms. The number of aromatic nitrogens is 1. The number of benzene rings is 2. The molecule has 1 N–H and O–H groups in total. The number of likely N-dealkylation sites (tertiary alicyclic amines) is 1. The highest BCUT2D eigenvalue weighted by atomic mass is 19.4. The van der Waals surface area contributed by atoms with E-state index in [2.05, 4.69) is 10.2 Å². The molecule has 1 atom stereocenters. The Balaban J connectivity index is 1.62. The van der Waals surface area contributed by atoms with E-state index in [4.69, 9.17) is 0 Å². The first kappa shape index (κ1) is 23.4. The smallest absolute Gasteiger partial charge is 0.355 e. The fourth-order valence-electron chi connectivity index (χ4n) is 4.89. The normalized spacial score (nSPS) is 16.1. The molecule has 0 radical (unpaired) electrons. The van der Waals surface area contributed by atoms with Crippen molar-refractivity contribution in [3.8, 4) is 0 Å². The van der Waals surface area contributed by atoms with Gasteiger partial charge in [0.15, 0.2) is 0 Å². The van der Waals surface area contributed by atoms with Crippen molar-refractivity contribution in [1.82, 2.24) is 14.8 Å². The molecule has 1 aromatic heterocycles. The number of halogens is 3. The maximum atomic E-state index is 13.9. The number of nitrogens with one attached hydrogen (secondary N) is 1. The lowest BCUT2D eigenvalue weighted by molar-refractivity contribution is -0.138. The van der Waals surface area contributed by atoms with Gasteiger partial charge in [0.2, 0.25) is 5.91 Å². The Bertz CT molecular complexity index is 1100. The van der Waals surface area contributed by atoms with E-state index in [1.54, 1.807) is 6.07 Å². The fraction of sp³-hybridized carbons (Fsp3) is 0.423. The molecule has 1 aliphatic rings. The molecule has 1 saturated heterocycles. The van der Waals surface area contributed by atoms with Crippen molar-refractivity contribution < 1.29 is 18.0 Å². The summed E-state index contributed by atoms with van der Waals surface area (Å²) >= 11 is 0. The van der Waals surface area contributed by atoms with Gasteiger partial charge in [-0.2, -0.15) is 13.2 Å². The number of hydrogen-bond acceptors (Lipinski definition) is 2. The minimum atomic E-state index is -4.50. The highest BCUT2D eigenvalue weighted by molar-refractivity contribution is 5.86. The highest BCUT2D eigenvalue weighted by Gasteiger charge is 2.36. The molecule has 4 nitrogen and oxygen atoms in total. The maximum absolute atomic E-state index is 13.9. The van der Waals surface area contributed by atoms with Gasteiger partial charge < -0.3 is 14.8 Å². The van der Waals surface area contributed by atoms with E-state index in [9.17, 15) is 18.0 Å². The Morgan fingerprint density at radius 1 is 1.00 bits per heavy atom. The van der Waals surface area contributed by atoms with Gasteiger partial charge in [-0.3, -0.25) is 4.79 Å². The van der Waals surface area contributed by atoms with Crippen LogP contribution in [0.25, 0.3) is 10.9 Å². The fourth-order valence-corrected chi connectivity index (χ4v) is 4.89. The van der Waals surface area contributed by atoms with Crippen LogP contribution < -0.4 is 5.32 Å². The van der Waals surface area contributed by atoms with Gasteiger partial charge in [0.25, 0.3) is 0 Å². The van der Waals surface area contributed by atoms with Crippen LogP contribution in [0.1, 0.15) is 48.3 Å². The van der Waals surface area contributed by atoms with Crippen molar-refractivity contribution >= 4 is 16.8 Å². The third-order valence-electron chi connectivity index (χ3n) is 6.53. The molecule has 33 heavy (non-hydrogen) atoms. The Kier molecular flexibility index (Phi) is 7.08. The SMILES string of the molecule is Cn1cc(C(CC(=O)NCCN2CCCCC2)c2ccccc2C(F)(F)F)c2ccccc21. The Labute approximate surface area is 192 Å². The third kappa shape index (κ3) is 5.41. The average Bonchev–Trinajstić information content (AvgIpc) is 3.14. The monoisotopic (exact) mass is 457 g/mol. The molecule has 3 aromatic rings. The number of amides is 1. The summed E-state index contributed by atoms with van der Waals surface area (Å²) in [5, 5.41) is 3.81. The Morgan fingerprint density at radius 3 is 2.45 bits per heavy atom. The van der Waals surface area contributed by atoms with Crippen LogP contribution in [-0.2, 0) is 18.0 Å². The third-order valence-corrected chi connectivity index (χ3v) is 6.53. The first-order valence-electron chi connectivity index (χ1n) is 11.5. The molecular formula is C26H30F3N3O. The minimum absolute atomic E-state index is 0.0406. The number of carbonyl (C=O) groups excluding carboxylic acids is 1. The van der Waals surface area contributed by atoms with Crippen LogP contribution in [0.3, 0.4) is 0 Å². The number of hydrogen-bond donors (Lipinski definition) is 1.